The summed E-state index contributed by atoms with van der Waals surface area (Å²) < 4.78 is 28.5. The van der Waals surface area contributed by atoms with E-state index in [-0.39, 0.29) is 5.56 Å². The van der Waals surface area contributed by atoms with Gasteiger partial charge in [0.25, 0.3) is 5.56 Å². The molecule has 5 rings (SSSR count). The number of nitrogens with zero attached hydrogens (tertiary/aromatic N) is 4. The molecule has 0 aliphatic carbocycles. The van der Waals surface area contributed by atoms with Crippen molar-refractivity contribution in [2.24, 2.45) is 0 Å². The molecule has 0 atom stereocenters. The molecule has 1 aliphatic rings. The minimum Gasteiger partial charge on any atom is -0.282 e. The number of fused-ring (bicyclic) bond motifs is 1. The Morgan fingerprint density at radius 1 is 0.882 bits per heavy atom. The van der Waals surface area contributed by atoms with E-state index >= 15 is 0 Å². The maximum absolute atomic E-state index is 13.1. The molecule has 1 aliphatic heterocycles. The third-order valence-corrected chi connectivity index (χ3v) is 8.32. The van der Waals surface area contributed by atoms with Gasteiger partial charge in [-0.2, -0.15) is 9.40 Å². The average Bonchev–Trinajstić information content (AvgIpc) is 3.40. The molecule has 4 aromatic rings. The van der Waals surface area contributed by atoms with E-state index in [0.29, 0.717) is 38.2 Å². The molecule has 0 radical (unpaired) electrons. The van der Waals surface area contributed by atoms with Gasteiger partial charge in [0.15, 0.2) is 0 Å². The molecule has 0 amide bonds. The molecule has 0 unspecified atom stereocenters. The number of piperazine rings is 1. The van der Waals surface area contributed by atoms with Gasteiger partial charge in [0.2, 0.25) is 10.0 Å². The molecule has 0 spiro atoms. The Hall–Kier alpha value is -3.11. The van der Waals surface area contributed by atoms with Gasteiger partial charge < -0.3 is 0 Å². The topological polar surface area (TPSA) is 75.5 Å². The van der Waals surface area contributed by atoms with E-state index in [9.17, 15) is 13.2 Å². The normalized spacial score (nSPS) is 15.9. The summed E-state index contributed by atoms with van der Waals surface area (Å²) in [4.78, 5) is 16.2. The lowest BCUT2D eigenvalue weighted by Crippen LogP contribution is -2.49. The molecular formula is C25H24N4O3S2. The zero-order valence-electron chi connectivity index (χ0n) is 18.4. The van der Waals surface area contributed by atoms with E-state index < -0.39 is 10.0 Å². The summed E-state index contributed by atoms with van der Waals surface area (Å²) in [7, 11) is -3.51. The summed E-state index contributed by atoms with van der Waals surface area (Å²) in [5.74, 6) is 0. The highest BCUT2D eigenvalue weighted by atomic mass is 32.2. The second-order valence-corrected chi connectivity index (χ2v) is 10.9. The highest BCUT2D eigenvalue weighted by molar-refractivity contribution is 7.92. The summed E-state index contributed by atoms with van der Waals surface area (Å²) in [6.07, 6.45) is 1.62. The SMILES string of the molecule is O=c1c2ccccc2c(-c2cccs2)nn1CN1CCN(S(=O)(=O)/C=C/c2ccccc2)CC1. The van der Waals surface area contributed by atoms with E-state index in [0.717, 1.165) is 21.5 Å². The van der Waals surface area contributed by atoms with Crippen LogP contribution in [0.2, 0.25) is 0 Å². The van der Waals surface area contributed by atoms with Crippen molar-refractivity contribution in [3.8, 4) is 10.6 Å². The molecule has 174 valence electrons. The monoisotopic (exact) mass is 492 g/mol. The fourth-order valence-electron chi connectivity index (χ4n) is 4.06. The van der Waals surface area contributed by atoms with Crippen molar-refractivity contribution in [1.82, 2.24) is 19.0 Å². The van der Waals surface area contributed by atoms with Crippen LogP contribution < -0.4 is 5.56 Å². The predicted molar refractivity (Wildman–Crippen MR) is 137 cm³/mol. The standard InChI is InChI=1S/C25H24N4O3S2/c30-25-22-10-5-4-9-21(22)24(23-11-6-17-33-23)26-29(25)19-27-13-15-28(16-14-27)34(31,32)18-12-20-7-2-1-3-8-20/h1-12,17-18H,13-16,19H2/b18-12+. The molecule has 7 nitrogen and oxygen atoms in total. The van der Waals surface area contributed by atoms with Crippen LogP contribution in [0.3, 0.4) is 0 Å². The fourth-order valence-corrected chi connectivity index (χ4v) is 5.95. The zero-order chi connectivity index (χ0) is 23.5. The molecule has 2 aromatic heterocycles. The number of sulfonamides is 1. The quantitative estimate of drug-likeness (QED) is 0.410. The third-order valence-electron chi connectivity index (χ3n) is 5.88. The number of benzene rings is 2. The third kappa shape index (κ3) is 4.74. The first-order chi connectivity index (χ1) is 16.5. The first-order valence-corrected chi connectivity index (χ1v) is 13.4. The molecule has 0 saturated carbocycles. The van der Waals surface area contributed by atoms with E-state index in [2.05, 4.69) is 4.90 Å². The van der Waals surface area contributed by atoms with Crippen LogP contribution in [-0.4, -0.2) is 53.6 Å². The van der Waals surface area contributed by atoms with Gasteiger partial charge in [-0.15, -0.1) is 11.3 Å². The molecule has 0 bridgehead atoms. The van der Waals surface area contributed by atoms with Gasteiger partial charge >= 0.3 is 0 Å². The maximum Gasteiger partial charge on any atom is 0.275 e. The fraction of sp³-hybridized carbons (Fsp3) is 0.200. The number of hydrogen-bond acceptors (Lipinski definition) is 6. The Morgan fingerprint density at radius 3 is 2.29 bits per heavy atom. The minimum atomic E-state index is -3.51. The van der Waals surface area contributed by atoms with Crippen LogP contribution in [-0.2, 0) is 16.7 Å². The van der Waals surface area contributed by atoms with Crippen molar-refractivity contribution in [3.05, 3.63) is 93.4 Å². The summed E-state index contributed by atoms with van der Waals surface area (Å²) in [5, 5.41) is 9.43. The van der Waals surface area contributed by atoms with Crippen LogP contribution in [0, 0.1) is 0 Å². The molecule has 1 fully saturated rings. The van der Waals surface area contributed by atoms with Crippen molar-refractivity contribution in [2.75, 3.05) is 26.2 Å². The van der Waals surface area contributed by atoms with Crippen LogP contribution in [0.1, 0.15) is 5.56 Å². The first kappa shape index (κ1) is 22.7. The summed E-state index contributed by atoms with van der Waals surface area (Å²) >= 11 is 1.59. The molecule has 1 saturated heterocycles. The lowest BCUT2D eigenvalue weighted by atomic mass is 10.1. The van der Waals surface area contributed by atoms with Crippen molar-refractivity contribution in [3.63, 3.8) is 0 Å². The van der Waals surface area contributed by atoms with Crippen LogP contribution in [0.5, 0.6) is 0 Å². The lowest BCUT2D eigenvalue weighted by Gasteiger charge is -2.33. The van der Waals surface area contributed by atoms with Gasteiger partial charge in [0.1, 0.15) is 5.69 Å². The molecule has 2 aromatic carbocycles. The highest BCUT2D eigenvalue weighted by Gasteiger charge is 2.25. The van der Waals surface area contributed by atoms with Gasteiger partial charge in [0, 0.05) is 37.0 Å². The Labute approximate surface area is 202 Å². The molecule has 9 heteroatoms. The Kier molecular flexibility index (Phi) is 6.42. The molecule has 3 heterocycles. The summed E-state index contributed by atoms with van der Waals surface area (Å²) in [6, 6.07) is 20.9. The minimum absolute atomic E-state index is 0.142. The Morgan fingerprint density at radius 2 is 1.59 bits per heavy atom. The zero-order valence-corrected chi connectivity index (χ0v) is 20.1. The summed E-state index contributed by atoms with van der Waals surface area (Å²) in [6.45, 7) is 2.08. The summed E-state index contributed by atoms with van der Waals surface area (Å²) in [5.41, 5.74) is 1.49. The number of rotatable bonds is 6. The largest absolute Gasteiger partial charge is 0.282 e. The van der Waals surface area contributed by atoms with Gasteiger partial charge in [-0.1, -0.05) is 54.6 Å². The van der Waals surface area contributed by atoms with Gasteiger partial charge in [0.05, 0.1) is 16.9 Å². The predicted octanol–water partition coefficient (Wildman–Crippen LogP) is 3.70. The van der Waals surface area contributed by atoms with Crippen molar-refractivity contribution in [2.45, 2.75) is 6.67 Å². The number of aromatic nitrogens is 2. The maximum atomic E-state index is 13.1. The van der Waals surface area contributed by atoms with Gasteiger partial charge in [-0.05, 0) is 29.2 Å². The lowest BCUT2D eigenvalue weighted by molar-refractivity contribution is 0.144. The molecule has 0 N–H and O–H groups in total. The number of thiophene rings is 1. The van der Waals surface area contributed by atoms with Gasteiger partial charge in [-0.25, -0.2) is 13.1 Å². The van der Waals surface area contributed by atoms with Crippen LogP contribution in [0.4, 0.5) is 0 Å². The van der Waals surface area contributed by atoms with Crippen LogP contribution in [0.25, 0.3) is 27.4 Å². The second-order valence-electron chi connectivity index (χ2n) is 8.09. The van der Waals surface area contributed by atoms with Crippen LogP contribution >= 0.6 is 11.3 Å². The number of hydrogen-bond donors (Lipinski definition) is 0. The van der Waals surface area contributed by atoms with E-state index in [1.807, 2.05) is 72.1 Å². The molecule has 34 heavy (non-hydrogen) atoms. The molecular weight excluding hydrogens is 468 g/mol. The van der Waals surface area contributed by atoms with Gasteiger partial charge in [-0.3, -0.25) is 9.69 Å². The smallest absolute Gasteiger partial charge is 0.275 e. The second kappa shape index (κ2) is 9.63. The van der Waals surface area contributed by atoms with E-state index in [4.69, 9.17) is 5.10 Å². The van der Waals surface area contributed by atoms with Crippen molar-refractivity contribution < 1.29 is 8.42 Å². The van der Waals surface area contributed by atoms with E-state index in [1.165, 1.54) is 14.4 Å². The van der Waals surface area contributed by atoms with Crippen molar-refractivity contribution in [1.29, 1.82) is 0 Å². The Balaban J connectivity index is 1.32. The first-order valence-electron chi connectivity index (χ1n) is 11.0. The van der Waals surface area contributed by atoms with E-state index in [1.54, 1.807) is 17.4 Å². The van der Waals surface area contributed by atoms with Crippen molar-refractivity contribution >= 4 is 38.2 Å². The highest BCUT2D eigenvalue weighted by Crippen LogP contribution is 2.28. The Bertz CT molecular complexity index is 1470. The van der Waals surface area contributed by atoms with Crippen LogP contribution in [0.15, 0.2) is 82.3 Å². The average molecular weight is 493 g/mol.